The summed E-state index contributed by atoms with van der Waals surface area (Å²) in [5.74, 6) is -2.16. The lowest BCUT2D eigenvalue weighted by molar-refractivity contribution is -0.170. The van der Waals surface area contributed by atoms with Gasteiger partial charge in [-0.3, -0.25) is 19.3 Å². The van der Waals surface area contributed by atoms with Gasteiger partial charge in [0.05, 0.1) is 6.42 Å². The predicted molar refractivity (Wildman–Crippen MR) is 71.2 cm³/mol. The van der Waals surface area contributed by atoms with Crippen LogP contribution >= 0.6 is 0 Å². The molecule has 1 amide bonds. The number of esters is 1. The van der Waals surface area contributed by atoms with Crippen molar-refractivity contribution in [1.82, 2.24) is 4.90 Å². The fraction of sp³-hybridized carbons (Fsp3) is 0.429. The molecule has 0 spiro atoms. The number of allylic oxidation sites excluding steroid dienone is 1. The molecule has 0 radical (unpaired) electrons. The van der Waals surface area contributed by atoms with E-state index in [9.17, 15) is 24.3 Å². The summed E-state index contributed by atoms with van der Waals surface area (Å²) < 4.78 is 10.1. The maximum absolute atomic E-state index is 11.8. The van der Waals surface area contributed by atoms with E-state index in [1.165, 1.54) is 19.1 Å². The van der Waals surface area contributed by atoms with E-state index < -0.39 is 23.7 Å². The Morgan fingerprint density at radius 1 is 1.50 bits per heavy atom. The number of carboxylic acids is 1. The van der Waals surface area contributed by atoms with Crippen molar-refractivity contribution >= 4 is 24.1 Å². The fourth-order valence-electron chi connectivity index (χ4n) is 2.52. The number of carbonyl (C=O) groups is 4. The van der Waals surface area contributed by atoms with E-state index >= 15 is 0 Å². The Morgan fingerprint density at radius 2 is 2.23 bits per heavy atom. The van der Waals surface area contributed by atoms with Crippen LogP contribution in [0.2, 0.25) is 0 Å². The maximum atomic E-state index is 11.8. The summed E-state index contributed by atoms with van der Waals surface area (Å²) in [6, 6.07) is 0. The van der Waals surface area contributed by atoms with E-state index in [4.69, 9.17) is 9.47 Å². The highest BCUT2D eigenvalue weighted by Crippen LogP contribution is 2.46. The van der Waals surface area contributed by atoms with Crippen molar-refractivity contribution in [3.8, 4) is 0 Å². The van der Waals surface area contributed by atoms with E-state index in [-0.39, 0.29) is 31.1 Å². The van der Waals surface area contributed by atoms with Crippen molar-refractivity contribution in [3.05, 3.63) is 24.0 Å². The molecule has 1 unspecified atom stereocenters. The van der Waals surface area contributed by atoms with Gasteiger partial charge in [0.2, 0.25) is 11.4 Å². The molecule has 0 aliphatic carbocycles. The summed E-state index contributed by atoms with van der Waals surface area (Å²) in [7, 11) is 0. The van der Waals surface area contributed by atoms with Crippen LogP contribution in [0.3, 0.4) is 0 Å². The molecule has 2 atom stereocenters. The second kappa shape index (κ2) is 6.00. The van der Waals surface area contributed by atoms with Crippen molar-refractivity contribution < 1.29 is 33.8 Å². The third-order valence-corrected chi connectivity index (χ3v) is 3.52. The largest absolute Gasteiger partial charge is 0.479 e. The summed E-state index contributed by atoms with van der Waals surface area (Å²) >= 11 is 0. The topological polar surface area (TPSA) is 110 Å². The number of β-lactam (4-membered cyclic amide) rings is 1. The Balaban J connectivity index is 2.23. The summed E-state index contributed by atoms with van der Waals surface area (Å²) in [6.07, 6.45) is 3.73. The molecular weight excluding hydrogens is 294 g/mol. The number of aliphatic carboxylic acids is 1. The molecule has 2 rings (SSSR count). The molecule has 2 saturated heterocycles. The number of rotatable bonds is 6. The quantitative estimate of drug-likeness (QED) is 0.241. The minimum atomic E-state index is -1.73. The van der Waals surface area contributed by atoms with Crippen LogP contribution in [0.1, 0.15) is 19.8 Å². The molecule has 0 bridgehead atoms. The lowest BCUT2D eigenvalue weighted by Crippen LogP contribution is -2.62. The summed E-state index contributed by atoms with van der Waals surface area (Å²) in [6.45, 7) is 1.25. The van der Waals surface area contributed by atoms with Crippen LogP contribution in [-0.2, 0) is 28.7 Å². The average Bonchev–Trinajstić information content (AvgIpc) is 2.68. The zero-order chi connectivity index (χ0) is 16.3. The Hall–Kier alpha value is -2.64. The molecule has 0 aromatic rings. The smallest absolute Gasteiger partial charge is 0.338 e. The molecule has 2 fully saturated rings. The lowest BCUT2D eigenvalue weighted by Gasteiger charge is -2.40. The molecule has 8 nitrogen and oxygen atoms in total. The summed E-state index contributed by atoms with van der Waals surface area (Å²) in [5.41, 5.74) is -1.73. The first-order chi connectivity index (χ1) is 10.4. The highest BCUT2D eigenvalue weighted by atomic mass is 16.5. The van der Waals surface area contributed by atoms with Crippen LogP contribution in [0.5, 0.6) is 0 Å². The molecular formula is C14H15NO7. The van der Waals surface area contributed by atoms with E-state index in [0.717, 1.165) is 11.0 Å². The standard InChI is InChI=1S/C14H15NO7/c1-9(17)21-7-3-2-5-14(13(19)20)10(4-6-16)22-12-8-11(18)15(12)14/h2-4,6,12H,5,7-8H2,1H3,(H,19,20)/t12-,14?/m1/s1. The number of ether oxygens (including phenoxy) is 2. The van der Waals surface area contributed by atoms with Crippen LogP contribution in [0.15, 0.2) is 24.0 Å². The van der Waals surface area contributed by atoms with Gasteiger partial charge in [0.15, 0.2) is 6.23 Å². The zero-order valence-corrected chi connectivity index (χ0v) is 11.9. The fourth-order valence-corrected chi connectivity index (χ4v) is 2.52. The maximum Gasteiger partial charge on any atom is 0.338 e. The molecule has 2 heterocycles. The van der Waals surface area contributed by atoms with Gasteiger partial charge in [-0.05, 0) is 0 Å². The first-order valence-electron chi connectivity index (χ1n) is 6.60. The van der Waals surface area contributed by atoms with Gasteiger partial charge in [-0.15, -0.1) is 0 Å². The Labute approximate surface area is 126 Å². The Kier molecular flexibility index (Phi) is 4.30. The van der Waals surface area contributed by atoms with Gasteiger partial charge in [0, 0.05) is 19.4 Å². The van der Waals surface area contributed by atoms with Gasteiger partial charge in [-0.1, -0.05) is 12.2 Å². The Bertz CT molecular complexity index is 580. The van der Waals surface area contributed by atoms with Gasteiger partial charge >= 0.3 is 11.9 Å². The van der Waals surface area contributed by atoms with Gasteiger partial charge in [0.25, 0.3) is 0 Å². The molecule has 1 N–H and O–H groups in total. The summed E-state index contributed by atoms with van der Waals surface area (Å²) in [4.78, 5) is 46.0. The van der Waals surface area contributed by atoms with Gasteiger partial charge in [0.1, 0.15) is 18.7 Å². The molecule has 0 aromatic heterocycles. The zero-order valence-electron chi connectivity index (χ0n) is 11.9. The average molecular weight is 309 g/mol. The SMILES string of the molecule is CC(=O)OCC=CCC1(C(=O)O)C(=CC=O)O[C@@H]2CC(=O)N21. The van der Waals surface area contributed by atoms with Gasteiger partial charge in [-0.2, -0.15) is 0 Å². The molecule has 2 aliphatic rings. The van der Waals surface area contributed by atoms with Crippen molar-refractivity contribution in [2.45, 2.75) is 31.5 Å². The van der Waals surface area contributed by atoms with E-state index in [2.05, 4.69) is 0 Å². The first kappa shape index (κ1) is 15.7. The number of carbonyl (C=O) groups excluding carboxylic acids is 3. The van der Waals surface area contributed by atoms with Gasteiger partial charge in [-0.25, -0.2) is 4.79 Å². The van der Waals surface area contributed by atoms with E-state index in [0.29, 0.717) is 6.29 Å². The van der Waals surface area contributed by atoms with Crippen molar-refractivity contribution in [1.29, 1.82) is 0 Å². The highest BCUT2D eigenvalue weighted by Gasteiger charge is 2.64. The van der Waals surface area contributed by atoms with E-state index in [1.807, 2.05) is 0 Å². The van der Waals surface area contributed by atoms with Crippen LogP contribution in [0.4, 0.5) is 0 Å². The lowest BCUT2D eigenvalue weighted by atomic mass is 9.88. The molecule has 22 heavy (non-hydrogen) atoms. The molecule has 8 heteroatoms. The minimum absolute atomic E-state index is 0.00398. The van der Waals surface area contributed by atoms with Gasteiger partial charge < -0.3 is 14.6 Å². The number of nitrogens with zero attached hydrogens (tertiary/aromatic N) is 1. The van der Waals surface area contributed by atoms with Crippen molar-refractivity contribution in [3.63, 3.8) is 0 Å². The highest BCUT2D eigenvalue weighted by molar-refractivity contribution is 5.95. The van der Waals surface area contributed by atoms with Crippen LogP contribution < -0.4 is 0 Å². The molecule has 2 aliphatic heterocycles. The third-order valence-electron chi connectivity index (χ3n) is 3.52. The van der Waals surface area contributed by atoms with Crippen LogP contribution in [0, 0.1) is 0 Å². The van der Waals surface area contributed by atoms with Crippen molar-refractivity contribution in [2.24, 2.45) is 0 Å². The minimum Gasteiger partial charge on any atom is -0.479 e. The third kappa shape index (κ3) is 2.47. The number of hydrogen-bond acceptors (Lipinski definition) is 6. The number of carboxylic acid groups (broad SMARTS) is 1. The second-order valence-electron chi connectivity index (χ2n) is 4.85. The second-order valence-corrected chi connectivity index (χ2v) is 4.85. The summed E-state index contributed by atoms with van der Waals surface area (Å²) in [5, 5.41) is 9.60. The van der Waals surface area contributed by atoms with Crippen LogP contribution in [0.25, 0.3) is 0 Å². The van der Waals surface area contributed by atoms with E-state index in [1.54, 1.807) is 0 Å². The normalized spacial score (nSPS) is 28.2. The monoisotopic (exact) mass is 309 g/mol. The first-order valence-corrected chi connectivity index (χ1v) is 6.60. The molecule has 118 valence electrons. The van der Waals surface area contributed by atoms with Crippen LogP contribution in [-0.4, -0.2) is 52.5 Å². The molecule has 0 saturated carbocycles. The number of amides is 1. The van der Waals surface area contributed by atoms with Crippen molar-refractivity contribution in [2.75, 3.05) is 6.61 Å². The number of aldehydes is 1. The Morgan fingerprint density at radius 3 is 2.77 bits per heavy atom. The number of hydrogen-bond donors (Lipinski definition) is 1. The molecule has 0 aromatic carbocycles. The number of fused-ring (bicyclic) bond motifs is 1. The predicted octanol–water partition coefficient (Wildman–Crippen LogP) is -0.00940.